The largest absolute Gasteiger partial charge is 0.586 e. The Hall–Kier alpha value is -2.94. The van der Waals surface area contributed by atoms with E-state index in [1.165, 1.54) is 12.1 Å². The summed E-state index contributed by atoms with van der Waals surface area (Å²) in [7, 11) is 0. The number of fused-ring (bicyclic) bond motifs is 2. The quantitative estimate of drug-likeness (QED) is 0.744. The van der Waals surface area contributed by atoms with Crippen LogP contribution < -0.4 is 14.4 Å². The number of aliphatic hydroxyl groups is 1. The van der Waals surface area contributed by atoms with Crippen LogP contribution in [0.2, 0.25) is 0 Å². The van der Waals surface area contributed by atoms with Gasteiger partial charge in [-0.2, -0.15) is 0 Å². The molecular formula is C18H16F2N4O3. The topological polar surface area (TPSA) is 72.1 Å². The number of imidazole rings is 1. The Balaban J connectivity index is 1.59. The number of rotatable bonds is 2. The van der Waals surface area contributed by atoms with E-state index in [0.717, 1.165) is 11.5 Å². The van der Waals surface area contributed by atoms with Crippen molar-refractivity contribution in [2.45, 2.75) is 25.2 Å². The lowest BCUT2D eigenvalue weighted by molar-refractivity contribution is -0.286. The van der Waals surface area contributed by atoms with Gasteiger partial charge in [0.1, 0.15) is 5.82 Å². The SMILES string of the molecule is OC1CCN(c2cncc3ncc(-c4ccc5c(c4)OC(F)(F)O5)n23)CC1. The number of hydrogen-bond acceptors (Lipinski definition) is 6. The van der Waals surface area contributed by atoms with E-state index in [1.807, 2.05) is 4.40 Å². The highest BCUT2D eigenvalue weighted by atomic mass is 19.3. The van der Waals surface area contributed by atoms with Gasteiger partial charge in [0.25, 0.3) is 0 Å². The number of hydrogen-bond donors (Lipinski definition) is 1. The molecule has 1 saturated heterocycles. The van der Waals surface area contributed by atoms with Gasteiger partial charge in [-0.1, -0.05) is 0 Å². The number of nitrogens with zero attached hydrogens (tertiary/aromatic N) is 4. The van der Waals surface area contributed by atoms with E-state index in [0.29, 0.717) is 37.1 Å². The molecule has 9 heteroatoms. The van der Waals surface area contributed by atoms with Crippen molar-refractivity contribution in [2.24, 2.45) is 0 Å². The van der Waals surface area contributed by atoms with Gasteiger partial charge in [0, 0.05) is 18.7 Å². The fraction of sp³-hybridized carbons (Fsp3) is 0.333. The van der Waals surface area contributed by atoms with Gasteiger partial charge in [0.05, 0.1) is 30.4 Å². The molecule has 0 unspecified atom stereocenters. The Labute approximate surface area is 152 Å². The molecular weight excluding hydrogens is 358 g/mol. The minimum atomic E-state index is -3.65. The molecule has 0 spiro atoms. The summed E-state index contributed by atoms with van der Waals surface area (Å²) < 4.78 is 37.6. The summed E-state index contributed by atoms with van der Waals surface area (Å²) in [6.45, 7) is 1.40. The maximum Gasteiger partial charge on any atom is 0.586 e. The zero-order valence-electron chi connectivity index (χ0n) is 14.2. The second kappa shape index (κ2) is 5.78. The van der Waals surface area contributed by atoms with Crippen molar-refractivity contribution in [3.8, 4) is 22.8 Å². The van der Waals surface area contributed by atoms with E-state index >= 15 is 0 Å². The van der Waals surface area contributed by atoms with Gasteiger partial charge in [-0.05, 0) is 31.0 Å². The number of ether oxygens (including phenoxy) is 2. The molecule has 2 aliphatic heterocycles. The summed E-state index contributed by atoms with van der Waals surface area (Å²) >= 11 is 0. The number of piperidine rings is 1. The van der Waals surface area contributed by atoms with Crippen molar-refractivity contribution in [1.82, 2.24) is 14.4 Å². The number of benzene rings is 1. The molecule has 1 fully saturated rings. The van der Waals surface area contributed by atoms with Crippen LogP contribution in [0, 0.1) is 0 Å². The number of anilines is 1. The van der Waals surface area contributed by atoms with E-state index < -0.39 is 6.29 Å². The van der Waals surface area contributed by atoms with E-state index in [-0.39, 0.29) is 17.6 Å². The van der Waals surface area contributed by atoms with Gasteiger partial charge >= 0.3 is 6.29 Å². The molecule has 7 nitrogen and oxygen atoms in total. The fourth-order valence-electron chi connectivity index (χ4n) is 3.56. The van der Waals surface area contributed by atoms with Crippen molar-refractivity contribution in [1.29, 1.82) is 0 Å². The zero-order valence-corrected chi connectivity index (χ0v) is 14.2. The van der Waals surface area contributed by atoms with Crippen molar-refractivity contribution >= 4 is 11.5 Å². The highest BCUT2D eigenvalue weighted by Gasteiger charge is 2.43. The molecule has 4 heterocycles. The van der Waals surface area contributed by atoms with Crippen LogP contribution in [0.4, 0.5) is 14.6 Å². The Morgan fingerprint density at radius 1 is 1.07 bits per heavy atom. The molecule has 2 aliphatic rings. The van der Waals surface area contributed by atoms with Crippen LogP contribution in [0.3, 0.4) is 0 Å². The lowest BCUT2D eigenvalue weighted by atomic mass is 10.1. The first-order valence-electron chi connectivity index (χ1n) is 8.65. The molecule has 5 rings (SSSR count). The lowest BCUT2D eigenvalue weighted by Crippen LogP contribution is -2.36. The highest BCUT2D eigenvalue weighted by molar-refractivity contribution is 5.70. The number of halogens is 2. The molecule has 0 amide bonds. The van der Waals surface area contributed by atoms with Crippen molar-refractivity contribution < 1.29 is 23.4 Å². The Kier molecular flexibility index (Phi) is 3.48. The average molecular weight is 374 g/mol. The molecule has 3 aromatic rings. The molecule has 140 valence electrons. The average Bonchev–Trinajstić information content (AvgIpc) is 3.20. The zero-order chi connectivity index (χ0) is 18.6. The van der Waals surface area contributed by atoms with Crippen LogP contribution in [-0.2, 0) is 0 Å². The van der Waals surface area contributed by atoms with Gasteiger partial charge in [0.15, 0.2) is 17.1 Å². The minimum absolute atomic E-state index is 0.00415. The summed E-state index contributed by atoms with van der Waals surface area (Å²) in [6.07, 6.45) is 2.49. The van der Waals surface area contributed by atoms with E-state index in [2.05, 4.69) is 24.3 Å². The van der Waals surface area contributed by atoms with Crippen LogP contribution in [0.5, 0.6) is 11.5 Å². The minimum Gasteiger partial charge on any atom is -0.395 e. The van der Waals surface area contributed by atoms with Gasteiger partial charge in [-0.15, -0.1) is 8.78 Å². The van der Waals surface area contributed by atoms with Crippen LogP contribution in [0.25, 0.3) is 16.9 Å². The Morgan fingerprint density at radius 2 is 1.85 bits per heavy atom. The van der Waals surface area contributed by atoms with E-state index in [4.69, 9.17) is 0 Å². The van der Waals surface area contributed by atoms with Crippen LogP contribution in [-0.4, -0.2) is 45.0 Å². The van der Waals surface area contributed by atoms with Crippen LogP contribution in [0.15, 0.2) is 36.8 Å². The van der Waals surface area contributed by atoms with Crippen LogP contribution >= 0.6 is 0 Å². The Bertz CT molecular complexity index is 1020. The summed E-state index contributed by atoms with van der Waals surface area (Å²) in [5.74, 6) is 0.837. The fourth-order valence-corrected chi connectivity index (χ4v) is 3.56. The first-order chi connectivity index (χ1) is 13.0. The molecule has 0 bridgehead atoms. The van der Waals surface area contributed by atoms with Gasteiger partial charge in [-0.25, -0.2) is 4.98 Å². The molecule has 1 N–H and O–H groups in total. The van der Waals surface area contributed by atoms with Crippen molar-refractivity contribution in [2.75, 3.05) is 18.0 Å². The number of aromatic nitrogens is 3. The smallest absolute Gasteiger partial charge is 0.395 e. The van der Waals surface area contributed by atoms with Gasteiger partial charge < -0.3 is 19.5 Å². The van der Waals surface area contributed by atoms with Crippen molar-refractivity contribution in [3.05, 3.63) is 36.8 Å². The molecule has 0 atom stereocenters. The maximum absolute atomic E-state index is 13.3. The third kappa shape index (κ3) is 2.74. The van der Waals surface area contributed by atoms with E-state index in [1.54, 1.807) is 24.7 Å². The van der Waals surface area contributed by atoms with E-state index in [9.17, 15) is 13.9 Å². The first kappa shape index (κ1) is 16.2. The maximum atomic E-state index is 13.3. The Morgan fingerprint density at radius 3 is 2.67 bits per heavy atom. The highest BCUT2D eigenvalue weighted by Crippen LogP contribution is 2.43. The predicted octanol–water partition coefficient (Wildman–Crippen LogP) is 2.68. The van der Waals surface area contributed by atoms with Gasteiger partial charge in [-0.3, -0.25) is 9.38 Å². The predicted molar refractivity (Wildman–Crippen MR) is 92.1 cm³/mol. The van der Waals surface area contributed by atoms with Gasteiger partial charge in [0.2, 0.25) is 0 Å². The monoisotopic (exact) mass is 374 g/mol. The number of alkyl halides is 2. The summed E-state index contributed by atoms with van der Waals surface area (Å²) in [4.78, 5) is 10.8. The third-order valence-corrected chi connectivity index (χ3v) is 4.88. The standard InChI is InChI=1S/C18H16F2N4O3/c19-18(20)26-14-2-1-11(7-15(14)27-18)13-8-22-16-9-21-10-17(24(13)16)23-5-3-12(25)4-6-23/h1-2,7-10,12,25H,3-6H2. The molecule has 2 aromatic heterocycles. The summed E-state index contributed by atoms with van der Waals surface area (Å²) in [6, 6.07) is 4.67. The molecule has 0 aliphatic carbocycles. The molecule has 27 heavy (non-hydrogen) atoms. The van der Waals surface area contributed by atoms with Crippen LogP contribution in [0.1, 0.15) is 12.8 Å². The molecule has 1 aromatic carbocycles. The molecule has 0 saturated carbocycles. The first-order valence-corrected chi connectivity index (χ1v) is 8.65. The summed E-state index contributed by atoms with van der Waals surface area (Å²) in [5.41, 5.74) is 2.05. The number of aliphatic hydroxyl groups excluding tert-OH is 1. The summed E-state index contributed by atoms with van der Waals surface area (Å²) in [5, 5.41) is 9.76. The second-order valence-corrected chi connectivity index (χ2v) is 6.65. The third-order valence-electron chi connectivity index (χ3n) is 4.88. The normalized spacial score (nSPS) is 19.0. The second-order valence-electron chi connectivity index (χ2n) is 6.65. The lowest BCUT2D eigenvalue weighted by Gasteiger charge is -2.31. The van der Waals surface area contributed by atoms with Crippen molar-refractivity contribution in [3.63, 3.8) is 0 Å². The molecule has 0 radical (unpaired) electrons.